The predicted molar refractivity (Wildman–Crippen MR) is 259 cm³/mol. The van der Waals surface area contributed by atoms with Crippen molar-refractivity contribution in [3.8, 4) is 33.8 Å². The van der Waals surface area contributed by atoms with Crippen LogP contribution in [-0.2, 0) is 0 Å². The van der Waals surface area contributed by atoms with Gasteiger partial charge >= 0.3 is 0 Å². The van der Waals surface area contributed by atoms with E-state index >= 15 is 0 Å². The maximum atomic E-state index is 7.01. The van der Waals surface area contributed by atoms with E-state index in [0.717, 1.165) is 123 Å². The van der Waals surface area contributed by atoms with Crippen molar-refractivity contribution in [1.82, 2.24) is 0 Å². The van der Waals surface area contributed by atoms with Crippen LogP contribution in [0.25, 0.3) is 76.9 Å². The van der Waals surface area contributed by atoms with E-state index in [2.05, 4.69) is 198 Å². The minimum atomic E-state index is 0.788. The predicted octanol–water partition coefficient (Wildman–Crippen LogP) is 17.0. The van der Waals surface area contributed by atoms with Gasteiger partial charge in [-0.2, -0.15) is 0 Å². The Balaban J connectivity index is 1.00. The summed E-state index contributed by atoms with van der Waals surface area (Å²) in [6.45, 7) is 0. The molecule has 12 aromatic rings. The molecule has 0 radical (unpaired) electrons. The zero-order valence-corrected chi connectivity index (χ0v) is 33.9. The highest BCUT2D eigenvalue weighted by Crippen LogP contribution is 2.54. The van der Waals surface area contributed by atoms with Gasteiger partial charge in [0.2, 0.25) is 0 Å². The Morgan fingerprint density at radius 2 is 0.857 bits per heavy atom. The fourth-order valence-corrected chi connectivity index (χ4v) is 9.68. The van der Waals surface area contributed by atoms with Crippen molar-refractivity contribution in [3.63, 3.8) is 0 Å². The van der Waals surface area contributed by atoms with Gasteiger partial charge in [0.25, 0.3) is 0 Å². The van der Waals surface area contributed by atoms with Crippen LogP contribution in [0.4, 0.5) is 34.1 Å². The minimum absolute atomic E-state index is 0.788. The minimum Gasteiger partial charge on any atom is -0.456 e. The lowest BCUT2D eigenvalue weighted by molar-refractivity contribution is 0.487. The number of furan rings is 2. The third kappa shape index (κ3) is 5.50. The highest BCUT2D eigenvalue weighted by Gasteiger charge is 2.28. The van der Waals surface area contributed by atoms with Gasteiger partial charge in [-0.05, 0) is 77.9 Å². The largest absolute Gasteiger partial charge is 0.456 e. The van der Waals surface area contributed by atoms with Gasteiger partial charge in [-0.3, -0.25) is 0 Å². The van der Waals surface area contributed by atoms with Crippen molar-refractivity contribution in [2.24, 2.45) is 0 Å². The maximum absolute atomic E-state index is 7.01. The van der Waals surface area contributed by atoms with E-state index in [0.29, 0.717) is 0 Å². The number of hydrogen-bond acceptors (Lipinski definition) is 5. The van der Waals surface area contributed by atoms with Crippen LogP contribution >= 0.6 is 0 Å². The van der Waals surface area contributed by atoms with Crippen molar-refractivity contribution >= 4 is 88.8 Å². The molecule has 13 rings (SSSR count). The second-order valence-electron chi connectivity index (χ2n) is 16.0. The van der Waals surface area contributed by atoms with Gasteiger partial charge in [0.1, 0.15) is 22.7 Å². The number of fused-ring (bicyclic) bond motifs is 8. The average molecular weight is 809 g/mol. The van der Waals surface area contributed by atoms with Gasteiger partial charge in [0, 0.05) is 55.2 Å². The summed E-state index contributed by atoms with van der Waals surface area (Å²) in [5.74, 6) is 1.59. The Labute approximate surface area is 362 Å². The first-order valence-corrected chi connectivity index (χ1v) is 21.3. The molecule has 1 aliphatic heterocycles. The lowest BCUT2D eigenvalue weighted by Gasteiger charge is -2.31. The molecule has 0 saturated carbocycles. The Hall–Kier alpha value is -8.54. The lowest BCUT2D eigenvalue weighted by Crippen LogP contribution is -2.13. The van der Waals surface area contributed by atoms with E-state index in [9.17, 15) is 0 Å². The highest BCUT2D eigenvalue weighted by atomic mass is 16.5. The van der Waals surface area contributed by atoms with Crippen LogP contribution in [-0.4, -0.2) is 0 Å². The van der Waals surface area contributed by atoms with Gasteiger partial charge in [0.15, 0.2) is 11.2 Å². The summed E-state index contributed by atoms with van der Waals surface area (Å²) in [6.07, 6.45) is 0. The quantitative estimate of drug-likeness (QED) is 0.160. The molecule has 0 atom stereocenters. The van der Waals surface area contributed by atoms with Crippen LogP contribution in [0.5, 0.6) is 11.5 Å². The summed E-state index contributed by atoms with van der Waals surface area (Å²) in [4.78, 5) is 4.62. The molecule has 0 saturated heterocycles. The van der Waals surface area contributed by atoms with Crippen molar-refractivity contribution in [2.45, 2.75) is 0 Å². The average Bonchev–Trinajstić information content (AvgIpc) is 3.93. The lowest BCUT2D eigenvalue weighted by atomic mass is 9.92. The topological polar surface area (TPSA) is 42.0 Å². The number of anilines is 6. The van der Waals surface area contributed by atoms with Crippen LogP contribution < -0.4 is 14.5 Å². The summed E-state index contributed by atoms with van der Waals surface area (Å²) in [6, 6.07) is 76.4. The fourth-order valence-electron chi connectivity index (χ4n) is 9.68. The standard InChI is InChI=1S/C58H36N2O3/c1-3-16-37(17-4-1)40-20-7-10-26-48(40)60(51-28-14-24-46-42-22-9-12-30-53(42)63-58(46)51)49-35-34-44-43-33-32-39(36-55(43)61-54-31-15-25-47(49)56(44)54)59(38-18-5-2-6-19-38)50-27-13-23-45-41-21-8-11-29-52(41)62-57(45)50/h1-36H. The summed E-state index contributed by atoms with van der Waals surface area (Å²) in [5, 5.41) is 6.46. The second kappa shape index (κ2) is 14.0. The van der Waals surface area contributed by atoms with E-state index in [-0.39, 0.29) is 0 Å². The number of rotatable bonds is 7. The molecule has 0 N–H and O–H groups in total. The smallest absolute Gasteiger partial charge is 0.159 e. The van der Waals surface area contributed by atoms with Crippen molar-refractivity contribution in [1.29, 1.82) is 0 Å². The first-order valence-electron chi connectivity index (χ1n) is 21.3. The molecule has 0 amide bonds. The monoisotopic (exact) mass is 808 g/mol. The van der Waals surface area contributed by atoms with E-state index in [1.807, 2.05) is 30.3 Å². The van der Waals surface area contributed by atoms with E-state index < -0.39 is 0 Å². The van der Waals surface area contributed by atoms with Crippen LogP contribution in [0.3, 0.4) is 0 Å². The molecule has 0 bridgehead atoms. The number of ether oxygens (including phenoxy) is 1. The molecule has 63 heavy (non-hydrogen) atoms. The van der Waals surface area contributed by atoms with Crippen LogP contribution in [0, 0.1) is 0 Å². The van der Waals surface area contributed by atoms with E-state index in [4.69, 9.17) is 13.6 Å². The third-order valence-electron chi connectivity index (χ3n) is 12.4. The molecular weight excluding hydrogens is 773 g/mol. The molecule has 0 unspecified atom stereocenters. The van der Waals surface area contributed by atoms with Gasteiger partial charge < -0.3 is 23.4 Å². The summed E-state index contributed by atoms with van der Waals surface area (Å²) < 4.78 is 20.3. The number of hydrogen-bond donors (Lipinski definition) is 0. The molecule has 3 heterocycles. The van der Waals surface area contributed by atoms with Crippen LogP contribution in [0.1, 0.15) is 0 Å². The van der Waals surface area contributed by atoms with Gasteiger partial charge in [-0.15, -0.1) is 0 Å². The SMILES string of the molecule is c1ccc(-c2ccccc2N(c2ccc3c4c(cccc24)Oc2cc(N(c4ccccc4)c4cccc5c4oc4ccccc45)ccc2-3)c2cccc3c2oc2ccccc23)cc1. The third-order valence-corrected chi connectivity index (χ3v) is 12.4. The van der Waals surface area contributed by atoms with Crippen molar-refractivity contribution < 1.29 is 13.6 Å². The second-order valence-corrected chi connectivity index (χ2v) is 16.0. The molecule has 0 spiro atoms. The molecule has 5 heteroatoms. The summed E-state index contributed by atoms with van der Waals surface area (Å²) in [7, 11) is 0. The van der Waals surface area contributed by atoms with Crippen LogP contribution in [0.15, 0.2) is 227 Å². The number of para-hydroxylation sites is 6. The molecule has 1 aliphatic rings. The van der Waals surface area contributed by atoms with E-state index in [1.54, 1.807) is 0 Å². The summed E-state index contributed by atoms with van der Waals surface area (Å²) >= 11 is 0. The molecular formula is C58H36N2O3. The zero-order valence-electron chi connectivity index (χ0n) is 33.9. The normalized spacial score (nSPS) is 11.9. The molecule has 10 aromatic carbocycles. The van der Waals surface area contributed by atoms with Gasteiger partial charge in [-0.25, -0.2) is 0 Å². The van der Waals surface area contributed by atoms with Crippen LogP contribution in [0.2, 0.25) is 0 Å². The van der Waals surface area contributed by atoms with Gasteiger partial charge in [0.05, 0.1) is 28.4 Å². The Morgan fingerprint density at radius 1 is 0.302 bits per heavy atom. The molecule has 2 aromatic heterocycles. The maximum Gasteiger partial charge on any atom is 0.159 e. The Bertz CT molecular complexity index is 3740. The molecule has 0 aliphatic carbocycles. The zero-order chi connectivity index (χ0) is 41.4. The van der Waals surface area contributed by atoms with Crippen molar-refractivity contribution in [2.75, 3.05) is 9.80 Å². The Morgan fingerprint density at radius 3 is 1.59 bits per heavy atom. The molecule has 5 nitrogen and oxygen atoms in total. The number of nitrogens with zero attached hydrogens (tertiary/aromatic N) is 2. The molecule has 0 fully saturated rings. The van der Waals surface area contributed by atoms with Crippen molar-refractivity contribution in [3.05, 3.63) is 218 Å². The first kappa shape index (κ1) is 35.2. The van der Waals surface area contributed by atoms with E-state index in [1.165, 1.54) is 0 Å². The van der Waals surface area contributed by atoms with Gasteiger partial charge in [-0.1, -0.05) is 146 Å². The highest BCUT2D eigenvalue weighted by molar-refractivity contribution is 6.16. The number of benzene rings is 10. The first-order chi connectivity index (χ1) is 31.3. The fraction of sp³-hybridized carbons (Fsp3) is 0. The molecule has 296 valence electrons. The summed E-state index contributed by atoms with van der Waals surface area (Å²) in [5.41, 5.74) is 13.7. The Kier molecular flexibility index (Phi) is 7.84.